The normalized spacial score (nSPS) is 24.7. The maximum Gasteiger partial charge on any atom is 0.472 e. The molecule has 0 bridgehead atoms. The third kappa shape index (κ3) is 31.4. The van der Waals surface area contributed by atoms with E-state index in [2.05, 4.69) is 52.5 Å². The van der Waals surface area contributed by atoms with Gasteiger partial charge in [0.1, 0.15) is 36.6 Å². The lowest BCUT2D eigenvalue weighted by atomic mass is 9.98. The predicted molar refractivity (Wildman–Crippen MR) is 363 cm³/mol. The number of nitrogens with zero attached hydrogens (tertiary/aromatic N) is 8. The van der Waals surface area contributed by atoms with Crippen LogP contribution >= 0.6 is 15.6 Å². The van der Waals surface area contributed by atoms with Gasteiger partial charge in [0, 0.05) is 37.6 Å². The summed E-state index contributed by atoms with van der Waals surface area (Å²) in [5.41, 5.74) is -1.42. The van der Waals surface area contributed by atoms with Crippen molar-refractivity contribution in [2.45, 2.75) is 326 Å². The van der Waals surface area contributed by atoms with Crippen molar-refractivity contribution in [3.05, 3.63) is 45.5 Å². The summed E-state index contributed by atoms with van der Waals surface area (Å²) in [6, 6.07) is 3.73. The van der Waals surface area contributed by atoms with E-state index in [0.717, 1.165) is 86.4 Å². The highest BCUT2D eigenvalue weighted by Gasteiger charge is 2.46. The molecule has 4 aliphatic rings. The highest BCUT2D eigenvalue weighted by Crippen LogP contribution is 2.46. The molecule has 4 fully saturated rings. The monoisotopic (exact) mass is 1350 g/mol. The maximum absolute atomic E-state index is 12.8. The molecule has 26 heteroatoms. The summed E-state index contributed by atoms with van der Waals surface area (Å²) in [5.74, 6) is 0.440. The lowest BCUT2D eigenvalue weighted by molar-refractivity contribution is -0.0551. The molecule has 0 radical (unpaired) electrons. The van der Waals surface area contributed by atoms with Gasteiger partial charge in [0.25, 0.3) is 0 Å². The number of hydrogen-bond donors (Lipinski definition) is 6. The fraction of sp³-hybridized carbons (Fsp3) is 0.851. The van der Waals surface area contributed by atoms with Crippen LogP contribution in [0, 0.1) is 0 Å². The molecule has 6 N–H and O–H groups in total. The maximum atomic E-state index is 12.8. The minimum atomic E-state index is -4.39. The van der Waals surface area contributed by atoms with Gasteiger partial charge in [-0.25, -0.2) is 28.7 Å². The van der Waals surface area contributed by atoms with Crippen molar-refractivity contribution in [1.82, 2.24) is 28.9 Å². The lowest BCUT2D eigenvalue weighted by Gasteiger charge is -2.37. The minimum Gasteiger partial charge on any atom is -0.387 e. The number of phosphoric ester groups is 2. The van der Waals surface area contributed by atoms with Crippen molar-refractivity contribution >= 4 is 40.0 Å². The zero-order chi connectivity index (χ0) is 67.1. The predicted octanol–water partition coefficient (Wildman–Crippen LogP) is 13.2. The Kier molecular flexibility index (Phi) is 39.8. The number of unbranched alkanes of at least 4 members (excludes halogenated alkanes) is 30. The van der Waals surface area contributed by atoms with E-state index in [-0.39, 0.29) is 24.8 Å². The summed E-state index contributed by atoms with van der Waals surface area (Å²) in [6.07, 6.45) is 40.6. The largest absolute Gasteiger partial charge is 0.472 e. The molecule has 0 amide bonds. The van der Waals surface area contributed by atoms with E-state index in [1.807, 2.05) is 4.90 Å². The molecule has 0 aliphatic carbocycles. The van der Waals surface area contributed by atoms with E-state index in [9.17, 15) is 48.9 Å². The molecule has 4 saturated heterocycles. The minimum absolute atomic E-state index is 0.0804. The Morgan fingerprint density at radius 1 is 0.484 bits per heavy atom. The fourth-order valence-electron chi connectivity index (χ4n) is 12.4. The molecule has 0 spiro atoms. The molecule has 12 atom stereocenters. The number of aliphatic hydroxyl groups is 4. The first kappa shape index (κ1) is 80.4. The summed E-state index contributed by atoms with van der Waals surface area (Å²) in [4.78, 5) is 66.3. The number of hydrogen-bond acceptors (Lipinski definition) is 18. The fourth-order valence-corrected chi connectivity index (χ4v) is 13.9. The van der Waals surface area contributed by atoms with E-state index in [1.54, 1.807) is 12.7 Å². The van der Waals surface area contributed by atoms with Crippen LogP contribution in [-0.4, -0.2) is 160 Å². The second-order valence-electron chi connectivity index (χ2n) is 26.2. The van der Waals surface area contributed by atoms with Gasteiger partial charge in [-0.2, -0.15) is 9.97 Å². The van der Waals surface area contributed by atoms with Crippen molar-refractivity contribution in [2.75, 3.05) is 39.5 Å². The number of aromatic nitrogens is 4. The molecular formula is C67H120N8O16P2. The first-order chi connectivity index (χ1) is 44.9. The Morgan fingerprint density at radius 3 is 1.14 bits per heavy atom. The summed E-state index contributed by atoms with van der Waals surface area (Å²) in [7, 11) is -8.77. The average Bonchev–Trinajstić information content (AvgIpc) is 1.72. The Bertz CT molecular complexity index is 2590. The van der Waals surface area contributed by atoms with Crippen LogP contribution in [0.5, 0.6) is 0 Å². The van der Waals surface area contributed by atoms with Crippen LogP contribution < -0.4 is 11.4 Å². The van der Waals surface area contributed by atoms with Gasteiger partial charge in [0.15, 0.2) is 24.1 Å². The topological polar surface area (TPSA) is 312 Å². The third-order valence-corrected chi connectivity index (χ3v) is 20.2. The number of aliphatic hydroxyl groups excluding tert-OH is 4. The van der Waals surface area contributed by atoms with Crippen molar-refractivity contribution in [3.8, 4) is 0 Å². The molecule has 6 rings (SSSR count). The van der Waals surface area contributed by atoms with Gasteiger partial charge < -0.3 is 49.5 Å². The average molecular weight is 1360 g/mol. The molecule has 4 aliphatic heterocycles. The van der Waals surface area contributed by atoms with Crippen LogP contribution in [0.2, 0.25) is 0 Å². The summed E-state index contributed by atoms with van der Waals surface area (Å²) in [5, 5.41) is 42.0. The molecule has 534 valence electrons. The highest BCUT2D eigenvalue weighted by molar-refractivity contribution is 7.47. The number of aliphatic imine (C=N–C) groups is 2. The molecule has 24 nitrogen and oxygen atoms in total. The Hall–Kier alpha value is -3.32. The first-order valence-electron chi connectivity index (χ1n) is 36.0. The molecule has 2 aromatic rings. The lowest BCUT2D eigenvalue weighted by Crippen LogP contribution is -2.42. The second kappa shape index (κ2) is 46.0. The summed E-state index contributed by atoms with van der Waals surface area (Å²) >= 11 is 0. The molecular weight excluding hydrogens is 1230 g/mol. The van der Waals surface area contributed by atoms with Crippen molar-refractivity contribution in [3.63, 3.8) is 0 Å². The van der Waals surface area contributed by atoms with Gasteiger partial charge in [-0.3, -0.25) is 27.2 Å². The van der Waals surface area contributed by atoms with Gasteiger partial charge in [0.2, 0.25) is 0 Å². The summed E-state index contributed by atoms with van der Waals surface area (Å²) in [6.45, 7) is 9.78. The van der Waals surface area contributed by atoms with Crippen LogP contribution in [0.3, 0.4) is 0 Å². The standard InChI is InChI=1S/C35H63N4O8P.C32H57N4O8P/c1-4-5-6-7-8-9-10-11-12-13-14-15-16-17-18-19-25-45-48(43,44)46-26-30-32(40)33(41)34(47-30)38-24-23-31(37-35(38)42)36-27-39-28(2)21-20-22-29(39)3;1-2-3-4-5-6-7-8-9-10-11-12-13-14-15-16-19-24-42-45(40,41)43-25-27-29(37)30(38)31(44-27)36-23-20-28(34-32(36)39)33-26-35-21-17-18-22-35/h23-24,27-30,32-34,40-41H,4-22,25-26H2,1-3H3,(H,43,44);20,23,26-27,29-31,37-38H,2-19,21-22,24-25H2,1H3,(H,40,41)/t28?,29?,30-,32+,33?,34-;27-,29+,30?,31-/m11/s1. The van der Waals surface area contributed by atoms with Gasteiger partial charge >= 0.3 is 27.0 Å². The van der Waals surface area contributed by atoms with Crippen molar-refractivity contribution in [1.29, 1.82) is 0 Å². The van der Waals surface area contributed by atoms with Gasteiger partial charge in [-0.1, -0.05) is 206 Å². The van der Waals surface area contributed by atoms with Gasteiger partial charge in [-0.05, 0) is 70.9 Å². The third-order valence-electron chi connectivity index (χ3n) is 18.2. The Balaban J connectivity index is 0.000000338. The van der Waals surface area contributed by atoms with E-state index < -0.39 is 89.3 Å². The Labute approximate surface area is 554 Å². The number of phosphoric acid groups is 2. The van der Waals surface area contributed by atoms with E-state index >= 15 is 0 Å². The van der Waals surface area contributed by atoms with E-state index in [1.165, 1.54) is 185 Å². The molecule has 0 saturated carbocycles. The zero-order valence-electron chi connectivity index (χ0n) is 56.9. The quantitative estimate of drug-likeness (QED) is 0.0155. The SMILES string of the molecule is CCCCCCCCCCCCCCCCCCOP(=O)(O)OC[C@H]1O[C@@H](n2ccc(N=CN3C(C)CCCC3C)nc2=O)C(O)[C@H]1O.CCCCCCCCCCCCCCCCCCOP(=O)(O)OC[C@H]1O[C@@H](n2ccc(N=CN3CCCC3)nc2=O)C(O)[C@H]1O. The Morgan fingerprint density at radius 2 is 0.806 bits per heavy atom. The molecule has 0 aromatic carbocycles. The molecule has 2 aromatic heterocycles. The second-order valence-corrected chi connectivity index (χ2v) is 29.1. The number of piperidine rings is 1. The highest BCUT2D eigenvalue weighted by atomic mass is 31.2. The molecule has 6 heterocycles. The van der Waals surface area contributed by atoms with E-state index in [4.69, 9.17) is 27.6 Å². The van der Waals surface area contributed by atoms with Crippen LogP contribution in [0.1, 0.15) is 278 Å². The van der Waals surface area contributed by atoms with Crippen LogP contribution in [-0.2, 0) is 36.7 Å². The van der Waals surface area contributed by atoms with Gasteiger partial charge in [-0.15, -0.1) is 0 Å². The molecule has 6 unspecified atom stereocenters. The van der Waals surface area contributed by atoms with Crippen molar-refractivity contribution < 1.29 is 66.9 Å². The van der Waals surface area contributed by atoms with Crippen LogP contribution in [0.4, 0.5) is 11.6 Å². The number of ether oxygens (including phenoxy) is 2. The van der Waals surface area contributed by atoms with E-state index in [0.29, 0.717) is 24.9 Å². The zero-order valence-corrected chi connectivity index (χ0v) is 58.7. The van der Waals surface area contributed by atoms with Crippen LogP contribution in [0.15, 0.2) is 44.1 Å². The smallest absolute Gasteiger partial charge is 0.387 e. The van der Waals surface area contributed by atoms with Gasteiger partial charge in [0.05, 0.1) is 39.1 Å². The summed E-state index contributed by atoms with van der Waals surface area (Å²) < 4.78 is 58.5. The van der Waals surface area contributed by atoms with Crippen LogP contribution in [0.25, 0.3) is 0 Å². The van der Waals surface area contributed by atoms with Crippen molar-refractivity contribution in [2.24, 2.45) is 9.98 Å². The number of likely N-dealkylation sites (tertiary alicyclic amines) is 2. The molecule has 93 heavy (non-hydrogen) atoms. The first-order valence-corrected chi connectivity index (χ1v) is 39.0. The number of rotatable bonds is 48.